The number of sulfonamides is 1. The third-order valence-corrected chi connectivity index (χ3v) is 3.08. The Kier molecular flexibility index (Phi) is 5.89. The molecule has 15 heavy (non-hydrogen) atoms. The van der Waals surface area contributed by atoms with Crippen molar-refractivity contribution < 1.29 is 17.9 Å². The first-order valence-electron chi connectivity index (χ1n) is 4.35. The van der Waals surface area contributed by atoms with Gasteiger partial charge in [-0.25, -0.2) is 13.1 Å². The van der Waals surface area contributed by atoms with Crippen molar-refractivity contribution in [1.82, 2.24) is 4.72 Å². The van der Waals surface area contributed by atoms with Gasteiger partial charge in [-0.15, -0.1) is 0 Å². The molecular weight excluding hydrogens is 220 g/mol. The number of carbonyl (C=O) groups excluding carboxylic acids is 1. The second kappa shape index (κ2) is 6.37. The quantitative estimate of drug-likeness (QED) is 0.640. The maximum absolute atomic E-state index is 11.3. The number of hydrogen-bond donors (Lipinski definition) is 1. The van der Waals surface area contributed by atoms with Gasteiger partial charge in [0.05, 0.1) is 31.8 Å². The summed E-state index contributed by atoms with van der Waals surface area (Å²) in [5.74, 6) is -0.900. The highest BCUT2D eigenvalue weighted by Crippen LogP contribution is 1.96. The van der Waals surface area contributed by atoms with Crippen LogP contribution in [-0.2, 0) is 19.6 Å². The lowest BCUT2D eigenvalue weighted by molar-refractivity contribution is -0.140. The molecule has 0 heterocycles. The molecule has 0 rings (SSSR count). The highest BCUT2D eigenvalue weighted by molar-refractivity contribution is 7.89. The largest absolute Gasteiger partial charge is 0.469 e. The zero-order valence-corrected chi connectivity index (χ0v) is 9.50. The smallest absolute Gasteiger partial charge is 0.306 e. The second-order valence-corrected chi connectivity index (χ2v) is 4.90. The molecule has 0 amide bonds. The molecule has 0 spiro atoms. The molecule has 0 fully saturated rings. The van der Waals surface area contributed by atoms with Crippen molar-refractivity contribution >= 4 is 16.0 Å². The van der Waals surface area contributed by atoms with Crippen LogP contribution in [0.15, 0.2) is 0 Å². The minimum atomic E-state index is -3.51. The van der Waals surface area contributed by atoms with Crippen LogP contribution in [0, 0.1) is 11.3 Å². The number of nitrogens with zero attached hydrogens (tertiary/aromatic N) is 1. The van der Waals surface area contributed by atoms with Crippen LogP contribution < -0.4 is 4.72 Å². The maximum Gasteiger partial charge on any atom is 0.306 e. The van der Waals surface area contributed by atoms with Gasteiger partial charge < -0.3 is 4.74 Å². The number of ether oxygens (including phenoxy) is 1. The van der Waals surface area contributed by atoms with Crippen molar-refractivity contribution in [2.45, 2.75) is 25.8 Å². The zero-order valence-electron chi connectivity index (χ0n) is 8.69. The van der Waals surface area contributed by atoms with Crippen molar-refractivity contribution in [3.63, 3.8) is 0 Å². The molecule has 0 aliphatic heterocycles. The summed E-state index contributed by atoms with van der Waals surface area (Å²) in [6.45, 7) is 1.58. The lowest BCUT2D eigenvalue weighted by Crippen LogP contribution is -2.34. The van der Waals surface area contributed by atoms with Gasteiger partial charge in [0, 0.05) is 6.04 Å². The number of hydrogen-bond acceptors (Lipinski definition) is 5. The summed E-state index contributed by atoms with van der Waals surface area (Å²) in [5.41, 5.74) is 0. The van der Waals surface area contributed by atoms with Crippen molar-refractivity contribution in [3.8, 4) is 6.07 Å². The van der Waals surface area contributed by atoms with Crippen molar-refractivity contribution in [3.05, 3.63) is 0 Å². The van der Waals surface area contributed by atoms with Crippen LogP contribution in [0.3, 0.4) is 0 Å². The second-order valence-electron chi connectivity index (χ2n) is 3.03. The first-order valence-corrected chi connectivity index (χ1v) is 6.00. The summed E-state index contributed by atoms with van der Waals surface area (Å²) in [6, 6.07) is 1.40. The molecule has 0 saturated carbocycles. The lowest BCUT2D eigenvalue weighted by atomic mass is 10.3. The number of methoxy groups -OCH3 is 1. The van der Waals surface area contributed by atoms with E-state index in [1.165, 1.54) is 7.11 Å². The molecule has 0 bridgehead atoms. The Balaban J connectivity index is 4.09. The standard InChI is InChI=1S/C8H14N2O4S/c1-7(3-5-9)10-15(12,13)6-4-8(11)14-2/h7,10H,3-4,6H2,1-2H3. The molecule has 7 heteroatoms. The van der Waals surface area contributed by atoms with Crippen LogP contribution in [0.1, 0.15) is 19.8 Å². The number of rotatable bonds is 6. The third kappa shape index (κ3) is 6.88. The van der Waals surface area contributed by atoms with E-state index in [0.29, 0.717) is 0 Å². The van der Waals surface area contributed by atoms with Crippen molar-refractivity contribution in [2.24, 2.45) is 0 Å². The van der Waals surface area contributed by atoms with E-state index in [2.05, 4.69) is 9.46 Å². The van der Waals surface area contributed by atoms with E-state index in [9.17, 15) is 13.2 Å². The molecule has 0 radical (unpaired) electrons. The van der Waals surface area contributed by atoms with Gasteiger partial charge in [-0.2, -0.15) is 5.26 Å². The average Bonchev–Trinajstić information content (AvgIpc) is 2.13. The van der Waals surface area contributed by atoms with Crippen molar-refractivity contribution in [1.29, 1.82) is 5.26 Å². The first-order chi connectivity index (χ1) is 6.91. The Morgan fingerprint density at radius 3 is 2.67 bits per heavy atom. The van der Waals surface area contributed by atoms with Gasteiger partial charge in [-0.3, -0.25) is 4.79 Å². The molecule has 1 N–H and O–H groups in total. The fraction of sp³-hybridized carbons (Fsp3) is 0.750. The Hall–Kier alpha value is -1.13. The molecule has 1 unspecified atom stereocenters. The van der Waals surface area contributed by atoms with Gasteiger partial charge in [-0.1, -0.05) is 0 Å². The van der Waals surface area contributed by atoms with Gasteiger partial charge in [0.1, 0.15) is 0 Å². The number of carbonyl (C=O) groups is 1. The highest BCUT2D eigenvalue weighted by Gasteiger charge is 2.16. The average molecular weight is 234 g/mol. The summed E-state index contributed by atoms with van der Waals surface area (Å²) in [5, 5.41) is 8.33. The third-order valence-electron chi connectivity index (χ3n) is 1.58. The van der Waals surface area contributed by atoms with E-state index in [4.69, 9.17) is 5.26 Å². The Morgan fingerprint density at radius 1 is 1.60 bits per heavy atom. The number of nitriles is 1. The Morgan fingerprint density at radius 2 is 2.20 bits per heavy atom. The molecule has 0 aliphatic rings. The van der Waals surface area contributed by atoms with E-state index in [1.807, 2.05) is 6.07 Å². The minimum Gasteiger partial charge on any atom is -0.469 e. The molecule has 0 aromatic carbocycles. The topological polar surface area (TPSA) is 96.3 Å². The Labute approximate surface area is 89.3 Å². The summed E-state index contributed by atoms with van der Waals surface area (Å²) in [7, 11) is -2.31. The van der Waals surface area contributed by atoms with Gasteiger partial charge in [0.2, 0.25) is 10.0 Å². The van der Waals surface area contributed by atoms with Crippen LogP contribution >= 0.6 is 0 Å². The highest BCUT2D eigenvalue weighted by atomic mass is 32.2. The molecule has 0 aromatic heterocycles. The van der Waals surface area contributed by atoms with Crippen LogP contribution in [0.25, 0.3) is 0 Å². The number of esters is 1. The van der Waals surface area contributed by atoms with E-state index < -0.39 is 22.0 Å². The molecule has 6 nitrogen and oxygen atoms in total. The predicted molar refractivity (Wildman–Crippen MR) is 53.2 cm³/mol. The SMILES string of the molecule is COC(=O)CCS(=O)(=O)NC(C)CC#N. The van der Waals surface area contributed by atoms with E-state index in [0.717, 1.165) is 0 Å². The summed E-state index contributed by atoms with van der Waals surface area (Å²) in [6.07, 6.45) is -0.0947. The van der Waals surface area contributed by atoms with Crippen molar-refractivity contribution in [2.75, 3.05) is 12.9 Å². The van der Waals surface area contributed by atoms with Gasteiger partial charge in [0.25, 0.3) is 0 Å². The summed E-state index contributed by atoms with van der Waals surface area (Å²) in [4.78, 5) is 10.7. The first kappa shape index (κ1) is 13.9. The maximum atomic E-state index is 11.3. The van der Waals surface area contributed by atoms with Crippen LogP contribution in [-0.4, -0.2) is 33.3 Å². The van der Waals surface area contributed by atoms with E-state index in [1.54, 1.807) is 6.92 Å². The fourth-order valence-corrected chi connectivity index (χ4v) is 2.11. The van der Waals surface area contributed by atoms with Crippen LogP contribution in [0.5, 0.6) is 0 Å². The molecule has 0 saturated heterocycles. The van der Waals surface area contributed by atoms with E-state index in [-0.39, 0.29) is 18.6 Å². The molecular formula is C8H14N2O4S. The minimum absolute atomic E-state index is 0.0947. The number of nitrogens with one attached hydrogen (secondary N) is 1. The predicted octanol–water partition coefficient (Wildman–Crippen LogP) is -0.229. The van der Waals surface area contributed by atoms with Crippen LogP contribution in [0.2, 0.25) is 0 Å². The van der Waals surface area contributed by atoms with Gasteiger partial charge in [0.15, 0.2) is 0 Å². The normalized spacial score (nSPS) is 12.9. The van der Waals surface area contributed by atoms with Gasteiger partial charge >= 0.3 is 5.97 Å². The van der Waals surface area contributed by atoms with Gasteiger partial charge in [-0.05, 0) is 6.92 Å². The lowest BCUT2D eigenvalue weighted by Gasteiger charge is -2.10. The molecule has 0 aliphatic carbocycles. The molecule has 1 atom stereocenters. The fourth-order valence-electron chi connectivity index (χ4n) is 0.864. The summed E-state index contributed by atoms with van der Waals surface area (Å²) >= 11 is 0. The molecule has 86 valence electrons. The summed E-state index contributed by atoms with van der Waals surface area (Å²) < 4.78 is 29.2. The van der Waals surface area contributed by atoms with E-state index >= 15 is 0 Å². The monoisotopic (exact) mass is 234 g/mol. The zero-order chi connectivity index (χ0) is 11.9. The van der Waals surface area contributed by atoms with Crippen LogP contribution in [0.4, 0.5) is 0 Å². The Bertz CT molecular complexity index is 344. The molecule has 0 aromatic rings.